The predicted octanol–water partition coefficient (Wildman–Crippen LogP) is 28.3. The van der Waals surface area contributed by atoms with E-state index in [0.717, 1.165) is 0 Å². The van der Waals surface area contributed by atoms with Gasteiger partial charge in [-0.15, -0.1) is 0 Å². The lowest BCUT2D eigenvalue weighted by atomic mass is 9.82. The molecule has 0 aromatic heterocycles. The molecule has 21 rings (SSSR count). The van der Waals surface area contributed by atoms with Crippen LogP contribution in [-0.2, 0) is 0 Å². The first-order chi connectivity index (χ1) is 49.5. The normalized spacial score (nSPS) is 12.0. The largest absolute Gasteiger partial charge is 0.0616 e. The summed E-state index contributed by atoms with van der Waals surface area (Å²) in [5, 5.41) is 29.6. The minimum atomic E-state index is 1.19. The van der Waals surface area contributed by atoms with Gasteiger partial charge in [-0.25, -0.2) is 0 Å². The van der Waals surface area contributed by atoms with Gasteiger partial charge in [0.1, 0.15) is 0 Å². The van der Waals surface area contributed by atoms with Gasteiger partial charge in [-0.2, -0.15) is 0 Å². The molecule has 0 unspecified atom stereocenters. The first-order valence-corrected chi connectivity index (χ1v) is 34.8. The minimum Gasteiger partial charge on any atom is -0.0616 e. The lowest BCUT2D eigenvalue weighted by Gasteiger charge is -2.21. The van der Waals surface area contributed by atoms with Crippen LogP contribution in [0.4, 0.5) is 0 Å². The second-order valence-corrected chi connectivity index (χ2v) is 27.4. The van der Waals surface area contributed by atoms with Gasteiger partial charge >= 0.3 is 0 Å². The Morgan fingerprint density at radius 1 is 0.100 bits per heavy atom. The van der Waals surface area contributed by atoms with Crippen LogP contribution in [0.5, 0.6) is 0 Å². The molecule has 0 amide bonds. The van der Waals surface area contributed by atoms with Crippen LogP contribution in [0.15, 0.2) is 364 Å². The molecule has 0 aliphatic heterocycles. The highest BCUT2D eigenvalue weighted by Crippen LogP contribution is 2.51. The average molecular weight is 1260 g/mol. The topological polar surface area (TPSA) is 0 Å². The lowest BCUT2D eigenvalue weighted by Crippen LogP contribution is -1.94. The molecule has 21 aromatic rings. The summed E-state index contributed by atoms with van der Waals surface area (Å²) in [7, 11) is 0. The fourth-order valence-electron chi connectivity index (χ4n) is 17.1. The summed E-state index contributed by atoms with van der Waals surface area (Å²) < 4.78 is 0. The van der Waals surface area contributed by atoms with E-state index in [1.807, 2.05) is 0 Å². The Kier molecular flexibility index (Phi) is 12.5. The highest BCUT2D eigenvalue weighted by molar-refractivity contribution is 6.36. The van der Waals surface area contributed by atoms with Crippen molar-refractivity contribution in [2.45, 2.75) is 0 Å². The van der Waals surface area contributed by atoms with Crippen LogP contribution in [0.3, 0.4) is 0 Å². The summed E-state index contributed by atoms with van der Waals surface area (Å²) >= 11 is 0. The van der Waals surface area contributed by atoms with Gasteiger partial charge in [-0.05, 0) is 291 Å². The van der Waals surface area contributed by atoms with Crippen molar-refractivity contribution in [1.29, 1.82) is 0 Å². The number of benzene rings is 21. The Morgan fingerprint density at radius 3 is 0.480 bits per heavy atom. The SMILES string of the molecule is c1ccc2cc(-c3ccc(-c4cc5cc(-c6ccc(-c7ccc8ccccc8c7)c7ccccc67)cc6c7cc(-c8ccc(-c9ccc%10ccccc%10c9)c9ccccc89)cc8cc(-c9ccc(-c%10ccc%11ccccc%11c%10)c%10ccccc9%10)cc(c(c4)c56)c87)c4ccccc34)ccc2c1. The minimum absolute atomic E-state index is 1.19. The van der Waals surface area contributed by atoms with Crippen molar-refractivity contribution >= 4 is 129 Å². The molecule has 0 heteroatoms. The zero-order valence-electron chi connectivity index (χ0n) is 54.6. The summed E-state index contributed by atoms with van der Waals surface area (Å²) in [6.07, 6.45) is 0. The molecule has 460 valence electrons. The van der Waals surface area contributed by atoms with E-state index in [0.29, 0.717) is 0 Å². The fourth-order valence-corrected chi connectivity index (χ4v) is 17.1. The molecule has 0 aliphatic carbocycles. The molecule has 0 fully saturated rings. The van der Waals surface area contributed by atoms with E-state index in [4.69, 9.17) is 0 Å². The third kappa shape index (κ3) is 8.94. The predicted molar refractivity (Wildman–Crippen MR) is 431 cm³/mol. The summed E-state index contributed by atoms with van der Waals surface area (Å²) in [4.78, 5) is 0. The lowest BCUT2D eigenvalue weighted by molar-refractivity contribution is 1.65. The fraction of sp³-hybridized carbons (Fsp3) is 0. The van der Waals surface area contributed by atoms with Crippen molar-refractivity contribution in [3.8, 4) is 89.0 Å². The van der Waals surface area contributed by atoms with E-state index in [1.165, 1.54) is 218 Å². The van der Waals surface area contributed by atoms with Crippen molar-refractivity contribution in [3.05, 3.63) is 364 Å². The highest BCUT2D eigenvalue weighted by atomic mass is 14.3. The number of hydrogen-bond donors (Lipinski definition) is 0. The van der Waals surface area contributed by atoms with Gasteiger partial charge in [-0.1, -0.05) is 291 Å². The molecule has 0 spiro atoms. The quantitative estimate of drug-likeness (QED) is 0.105. The maximum absolute atomic E-state index is 2.53. The Balaban J connectivity index is 0.854. The maximum atomic E-state index is 2.53. The Hall–Kier alpha value is -13.0. The Labute approximate surface area is 578 Å². The molecule has 0 atom stereocenters. The molecule has 0 radical (unpaired) electrons. The monoisotopic (exact) mass is 1260 g/mol. The van der Waals surface area contributed by atoms with Crippen LogP contribution >= 0.6 is 0 Å². The zero-order chi connectivity index (χ0) is 65.5. The van der Waals surface area contributed by atoms with Gasteiger partial charge in [0.25, 0.3) is 0 Å². The molecule has 0 aliphatic rings. The molecule has 0 bridgehead atoms. The molecule has 21 aromatic carbocycles. The second kappa shape index (κ2) is 22.3. The van der Waals surface area contributed by atoms with E-state index in [-0.39, 0.29) is 0 Å². The Morgan fingerprint density at radius 2 is 0.270 bits per heavy atom. The van der Waals surface area contributed by atoms with Gasteiger partial charge < -0.3 is 0 Å². The summed E-state index contributed by atoms with van der Waals surface area (Å²) in [5.41, 5.74) is 19.3. The van der Waals surface area contributed by atoms with E-state index < -0.39 is 0 Å². The van der Waals surface area contributed by atoms with Crippen LogP contribution in [0.1, 0.15) is 0 Å². The smallest absolute Gasteiger partial charge is 0.00255 e. The van der Waals surface area contributed by atoms with Crippen molar-refractivity contribution in [3.63, 3.8) is 0 Å². The molecular weight excluding hydrogens is 1200 g/mol. The zero-order valence-corrected chi connectivity index (χ0v) is 54.6. The number of fused-ring (bicyclic) bond motifs is 10. The maximum Gasteiger partial charge on any atom is -0.00255 e. The third-order valence-electron chi connectivity index (χ3n) is 21.9. The van der Waals surface area contributed by atoms with Crippen LogP contribution in [-0.4, -0.2) is 0 Å². The van der Waals surface area contributed by atoms with E-state index in [9.17, 15) is 0 Å². The average Bonchev–Trinajstić information content (AvgIpc) is 0.701. The van der Waals surface area contributed by atoms with Crippen molar-refractivity contribution in [1.82, 2.24) is 0 Å². The number of hydrogen-bond acceptors (Lipinski definition) is 0. The summed E-state index contributed by atoms with van der Waals surface area (Å²) in [5.74, 6) is 0. The second-order valence-electron chi connectivity index (χ2n) is 27.4. The highest BCUT2D eigenvalue weighted by Gasteiger charge is 2.23. The molecule has 100 heavy (non-hydrogen) atoms. The van der Waals surface area contributed by atoms with Gasteiger partial charge in [0.15, 0.2) is 0 Å². The first-order valence-electron chi connectivity index (χ1n) is 34.8. The standard InChI is InChI=1S/C100H60/c1-5-21-65-49-69(37-33-61(65)17-1)79-41-45-83(91-29-13-9-25-87(79)91)73-53-77-54-74(84-46-42-80(88-26-10-14-30-92(84)88)70-38-34-62-18-2-6-22-66(62)50-70)59-97-98-60-76(86-48-44-82(90-28-12-16-32-94(86)90)72-40-36-64-20-4-8-24-68(64)52-72)56-78-55-75(58-96(100(78)98)95(57-73)99(77)97)85-47-43-81(89-27-11-15-31-93(85)89)71-39-35-63-19-3-7-23-67(63)51-71/h1-60H. The van der Waals surface area contributed by atoms with Gasteiger partial charge in [0.2, 0.25) is 0 Å². The summed E-state index contributed by atoms with van der Waals surface area (Å²) in [6.45, 7) is 0. The molecule has 0 N–H and O–H groups in total. The van der Waals surface area contributed by atoms with E-state index in [2.05, 4.69) is 364 Å². The van der Waals surface area contributed by atoms with Gasteiger partial charge in [-0.3, -0.25) is 0 Å². The van der Waals surface area contributed by atoms with E-state index >= 15 is 0 Å². The molecule has 0 saturated heterocycles. The first kappa shape index (κ1) is 56.2. The van der Waals surface area contributed by atoms with E-state index in [1.54, 1.807) is 0 Å². The van der Waals surface area contributed by atoms with Crippen molar-refractivity contribution in [2.24, 2.45) is 0 Å². The van der Waals surface area contributed by atoms with Crippen LogP contribution in [0.2, 0.25) is 0 Å². The molecule has 0 heterocycles. The van der Waals surface area contributed by atoms with Gasteiger partial charge in [0.05, 0.1) is 0 Å². The van der Waals surface area contributed by atoms with Crippen molar-refractivity contribution in [2.75, 3.05) is 0 Å². The van der Waals surface area contributed by atoms with Crippen LogP contribution in [0.25, 0.3) is 218 Å². The Bertz CT molecular complexity index is 6190. The molecule has 0 nitrogen and oxygen atoms in total. The van der Waals surface area contributed by atoms with Crippen molar-refractivity contribution < 1.29 is 0 Å². The number of rotatable bonds is 8. The van der Waals surface area contributed by atoms with Crippen LogP contribution in [0, 0.1) is 0 Å². The van der Waals surface area contributed by atoms with Gasteiger partial charge in [0, 0.05) is 0 Å². The molecule has 0 saturated carbocycles. The summed E-state index contributed by atoms with van der Waals surface area (Å²) in [6, 6.07) is 138. The van der Waals surface area contributed by atoms with Crippen LogP contribution < -0.4 is 0 Å². The molecular formula is C100H60. The third-order valence-corrected chi connectivity index (χ3v) is 21.9.